The minimum Gasteiger partial charge on any atom is -0.426 e. The van der Waals surface area contributed by atoms with E-state index in [0.29, 0.717) is 6.08 Å². The fourth-order valence-electron chi connectivity index (χ4n) is 3.32. The SMILES string of the molecule is CO/N=C(\C(=O)N[C@@H]1C(=O)N2C(C(=O)OC(C)OC(C)=O)=C(/C=C/C(F)F)CS[C@H]12)c1csc(N)n1. The number of alkyl halides is 2. The zero-order chi connectivity index (χ0) is 26.6. The van der Waals surface area contributed by atoms with Crippen LogP contribution in [0.4, 0.5) is 13.9 Å². The van der Waals surface area contributed by atoms with E-state index in [1.807, 2.05) is 0 Å². The minimum atomic E-state index is -2.80. The molecule has 0 aromatic carbocycles. The van der Waals surface area contributed by atoms with Crippen LogP contribution in [0, 0.1) is 0 Å². The number of nitrogen functional groups attached to an aromatic ring is 1. The maximum absolute atomic E-state index is 13.0. The third kappa shape index (κ3) is 5.99. The maximum atomic E-state index is 13.0. The van der Waals surface area contributed by atoms with E-state index in [9.17, 15) is 28.0 Å². The van der Waals surface area contributed by atoms with Crippen molar-refractivity contribution in [2.24, 2.45) is 5.16 Å². The molecule has 3 heterocycles. The van der Waals surface area contributed by atoms with E-state index in [0.717, 1.165) is 41.0 Å². The average Bonchev–Trinajstić information content (AvgIpc) is 3.23. The summed E-state index contributed by atoms with van der Waals surface area (Å²) in [6.45, 7) is 2.40. The number of amides is 2. The third-order valence-corrected chi connectivity index (χ3v) is 6.66. The highest BCUT2D eigenvalue weighted by atomic mass is 32.2. The second-order valence-electron chi connectivity index (χ2n) is 7.20. The van der Waals surface area contributed by atoms with Crippen LogP contribution in [-0.2, 0) is 33.5 Å². The summed E-state index contributed by atoms with van der Waals surface area (Å²) in [5.74, 6) is -3.18. The number of halogens is 2. The molecule has 36 heavy (non-hydrogen) atoms. The van der Waals surface area contributed by atoms with Gasteiger partial charge in [0.05, 0.1) is 0 Å². The Morgan fingerprint density at radius 3 is 2.67 bits per heavy atom. The largest absolute Gasteiger partial charge is 0.426 e. The molecule has 0 bridgehead atoms. The van der Waals surface area contributed by atoms with Crippen molar-refractivity contribution in [3.05, 3.63) is 34.5 Å². The number of rotatable bonds is 9. The molecule has 2 aliphatic heterocycles. The first kappa shape index (κ1) is 27.1. The molecule has 1 aromatic rings. The van der Waals surface area contributed by atoms with Gasteiger partial charge in [-0.2, -0.15) is 0 Å². The number of nitrogens with one attached hydrogen (secondary N) is 1. The van der Waals surface area contributed by atoms with Crippen LogP contribution in [0.25, 0.3) is 0 Å². The summed E-state index contributed by atoms with van der Waals surface area (Å²) in [6.07, 6.45) is -2.50. The van der Waals surface area contributed by atoms with Crippen molar-refractivity contribution in [3.63, 3.8) is 0 Å². The lowest BCUT2D eigenvalue weighted by molar-refractivity contribution is -0.182. The van der Waals surface area contributed by atoms with E-state index < -0.39 is 47.9 Å². The van der Waals surface area contributed by atoms with Crippen LogP contribution in [-0.4, -0.2) is 76.3 Å². The quantitative estimate of drug-likeness (QED) is 0.150. The van der Waals surface area contributed by atoms with Gasteiger partial charge in [0, 0.05) is 25.0 Å². The Balaban J connectivity index is 1.83. The van der Waals surface area contributed by atoms with Gasteiger partial charge in [-0.15, -0.1) is 23.1 Å². The highest BCUT2D eigenvalue weighted by Gasteiger charge is 2.54. The number of esters is 2. The number of aromatic nitrogens is 1. The number of β-lactam (4-membered cyclic amide) rings is 1. The fraction of sp³-hybridized carbons (Fsp3) is 0.400. The monoisotopic (exact) mass is 545 g/mol. The molecule has 2 amide bonds. The lowest BCUT2D eigenvalue weighted by Crippen LogP contribution is -2.71. The molecule has 16 heteroatoms. The topological polar surface area (TPSA) is 163 Å². The zero-order valence-corrected chi connectivity index (χ0v) is 20.7. The Labute approximate surface area is 211 Å². The highest BCUT2D eigenvalue weighted by molar-refractivity contribution is 8.00. The van der Waals surface area contributed by atoms with Crippen molar-refractivity contribution in [1.82, 2.24) is 15.2 Å². The lowest BCUT2D eigenvalue weighted by atomic mass is 10.0. The van der Waals surface area contributed by atoms with Gasteiger partial charge in [-0.05, 0) is 11.6 Å². The molecule has 1 aromatic heterocycles. The molecule has 0 aliphatic carbocycles. The Morgan fingerprint density at radius 2 is 2.08 bits per heavy atom. The van der Waals surface area contributed by atoms with Crippen LogP contribution in [0.1, 0.15) is 19.5 Å². The molecule has 194 valence electrons. The van der Waals surface area contributed by atoms with Crippen molar-refractivity contribution < 1.29 is 42.3 Å². The first-order valence-corrected chi connectivity index (χ1v) is 12.1. The molecule has 3 N–H and O–H groups in total. The van der Waals surface area contributed by atoms with Crippen LogP contribution in [0.2, 0.25) is 0 Å². The van der Waals surface area contributed by atoms with Crippen LogP contribution in [0.15, 0.2) is 34.0 Å². The van der Waals surface area contributed by atoms with Gasteiger partial charge in [0.25, 0.3) is 18.2 Å². The number of carbonyl (C=O) groups excluding carboxylic acids is 4. The predicted molar refractivity (Wildman–Crippen MR) is 125 cm³/mol. The number of hydrogen-bond donors (Lipinski definition) is 2. The number of fused-ring (bicyclic) bond motifs is 1. The Hall–Kier alpha value is -3.53. The second-order valence-corrected chi connectivity index (χ2v) is 9.20. The molecule has 0 spiro atoms. The van der Waals surface area contributed by atoms with Crippen LogP contribution in [0.5, 0.6) is 0 Å². The number of thiazole rings is 1. The van der Waals surface area contributed by atoms with Gasteiger partial charge in [-0.1, -0.05) is 11.2 Å². The molecule has 3 atom stereocenters. The molecule has 1 saturated heterocycles. The Morgan fingerprint density at radius 1 is 1.36 bits per heavy atom. The molecular formula is C20H21F2N5O7S2. The fourth-order valence-corrected chi connectivity index (χ4v) is 5.18. The number of nitrogens with zero attached hydrogens (tertiary/aromatic N) is 3. The lowest BCUT2D eigenvalue weighted by Gasteiger charge is -2.49. The number of nitrogens with two attached hydrogens (primary N) is 1. The van der Waals surface area contributed by atoms with Crippen molar-refractivity contribution in [1.29, 1.82) is 0 Å². The predicted octanol–water partition coefficient (Wildman–Crippen LogP) is 1.00. The summed E-state index contributed by atoms with van der Waals surface area (Å²) in [5.41, 5.74) is 5.35. The highest BCUT2D eigenvalue weighted by Crippen LogP contribution is 2.41. The van der Waals surface area contributed by atoms with Gasteiger partial charge in [0.15, 0.2) is 10.8 Å². The average molecular weight is 546 g/mol. The zero-order valence-electron chi connectivity index (χ0n) is 19.1. The standard InChI is InChI=1S/C20H21F2N5O7S2/c1-8(28)33-9(2)34-19(31)15-10(4-5-12(21)22)6-35-18-14(17(30)27(15)18)25-16(29)13(26-32-3)11-7-36-20(23)24-11/h4-5,7,9,12,14,18H,6H2,1-3H3,(H2,23,24)(H,25,29)/b5-4+,26-13-/t9?,14-,18-/m1/s1. The molecule has 1 fully saturated rings. The molecule has 2 aliphatic rings. The van der Waals surface area contributed by atoms with E-state index >= 15 is 0 Å². The molecule has 12 nitrogen and oxygen atoms in total. The molecule has 1 unspecified atom stereocenters. The number of hydrogen-bond acceptors (Lipinski definition) is 12. The van der Waals surface area contributed by atoms with Crippen molar-refractivity contribution in [2.75, 3.05) is 18.6 Å². The van der Waals surface area contributed by atoms with E-state index in [1.165, 1.54) is 19.4 Å². The van der Waals surface area contributed by atoms with E-state index in [4.69, 9.17) is 20.0 Å². The summed E-state index contributed by atoms with van der Waals surface area (Å²) in [5, 5.41) is 7.11. The van der Waals surface area contributed by atoms with Crippen molar-refractivity contribution in [2.45, 2.75) is 38.0 Å². The maximum Gasteiger partial charge on any atom is 0.358 e. The molecule has 0 radical (unpaired) electrons. The summed E-state index contributed by atoms with van der Waals surface area (Å²) < 4.78 is 35.4. The normalized spacial score (nSPS) is 20.7. The second kappa shape index (κ2) is 11.5. The number of anilines is 1. The molecular weight excluding hydrogens is 524 g/mol. The molecule has 3 rings (SSSR count). The summed E-state index contributed by atoms with van der Waals surface area (Å²) >= 11 is 2.22. The smallest absolute Gasteiger partial charge is 0.358 e. The third-order valence-electron chi connectivity index (χ3n) is 4.69. The first-order valence-electron chi connectivity index (χ1n) is 10.2. The van der Waals surface area contributed by atoms with Crippen LogP contribution in [0.3, 0.4) is 0 Å². The minimum absolute atomic E-state index is 0.0536. The van der Waals surface area contributed by atoms with Gasteiger partial charge in [-0.25, -0.2) is 18.6 Å². The first-order chi connectivity index (χ1) is 17.0. The number of ether oxygens (including phenoxy) is 2. The van der Waals surface area contributed by atoms with Crippen molar-refractivity contribution >= 4 is 57.7 Å². The Kier molecular flexibility index (Phi) is 8.62. The number of allylic oxidation sites excluding steroid dienone is 2. The summed E-state index contributed by atoms with van der Waals surface area (Å²) in [7, 11) is 1.23. The van der Waals surface area contributed by atoms with Crippen LogP contribution < -0.4 is 11.1 Å². The van der Waals surface area contributed by atoms with Gasteiger partial charge in [0.2, 0.25) is 6.29 Å². The van der Waals surface area contributed by atoms with E-state index in [-0.39, 0.29) is 33.6 Å². The molecule has 0 saturated carbocycles. The van der Waals surface area contributed by atoms with Gasteiger partial charge in [0.1, 0.15) is 29.9 Å². The van der Waals surface area contributed by atoms with Gasteiger partial charge in [-0.3, -0.25) is 19.3 Å². The number of thioether (sulfide) groups is 1. The van der Waals surface area contributed by atoms with Gasteiger partial charge >= 0.3 is 11.9 Å². The Bertz CT molecular complexity index is 1150. The van der Waals surface area contributed by atoms with Crippen molar-refractivity contribution in [3.8, 4) is 0 Å². The van der Waals surface area contributed by atoms with Crippen LogP contribution >= 0.6 is 23.1 Å². The van der Waals surface area contributed by atoms with E-state index in [2.05, 4.69) is 15.5 Å². The summed E-state index contributed by atoms with van der Waals surface area (Å²) in [4.78, 5) is 59.6. The number of carbonyl (C=O) groups is 4. The van der Waals surface area contributed by atoms with Gasteiger partial charge < -0.3 is 25.4 Å². The number of oxime groups is 1. The summed E-state index contributed by atoms with van der Waals surface area (Å²) in [6, 6.07) is -1.07. The van der Waals surface area contributed by atoms with E-state index in [1.54, 1.807) is 0 Å².